The minimum absolute atomic E-state index is 0.632. The van der Waals surface area contributed by atoms with Gasteiger partial charge in [0.2, 0.25) is 0 Å². The number of benzene rings is 1. The van der Waals surface area contributed by atoms with E-state index in [0.717, 1.165) is 40.9 Å². The molecule has 0 saturated heterocycles. The van der Waals surface area contributed by atoms with Crippen LogP contribution >= 0.6 is 23.2 Å². The lowest BCUT2D eigenvalue weighted by Gasteiger charge is -2.17. The zero-order valence-corrected chi connectivity index (χ0v) is 11.7. The summed E-state index contributed by atoms with van der Waals surface area (Å²) in [7, 11) is 0. The topological polar surface area (TPSA) is 12.0 Å². The molecular formula is C14H19Cl2N. The number of hydrogen-bond donors (Lipinski definition) is 1. The summed E-state index contributed by atoms with van der Waals surface area (Å²) in [6.45, 7) is 3.20. The van der Waals surface area contributed by atoms with E-state index < -0.39 is 0 Å². The van der Waals surface area contributed by atoms with Crippen molar-refractivity contribution in [3.05, 3.63) is 33.8 Å². The van der Waals surface area contributed by atoms with Crippen molar-refractivity contribution in [2.24, 2.45) is 5.92 Å². The van der Waals surface area contributed by atoms with E-state index in [9.17, 15) is 0 Å². The lowest BCUT2D eigenvalue weighted by molar-refractivity contribution is 0.446. The van der Waals surface area contributed by atoms with Crippen molar-refractivity contribution in [2.45, 2.75) is 38.6 Å². The smallest absolute Gasteiger partial charge is 0.0452 e. The molecule has 0 aliphatic heterocycles. The van der Waals surface area contributed by atoms with E-state index in [2.05, 4.69) is 12.2 Å². The Morgan fingerprint density at radius 2 is 1.94 bits per heavy atom. The van der Waals surface area contributed by atoms with Crippen LogP contribution in [0.1, 0.15) is 31.7 Å². The van der Waals surface area contributed by atoms with Crippen molar-refractivity contribution in [2.75, 3.05) is 6.54 Å². The van der Waals surface area contributed by atoms with Gasteiger partial charge in [-0.15, -0.1) is 0 Å². The van der Waals surface area contributed by atoms with Crippen LogP contribution in [-0.4, -0.2) is 12.6 Å². The predicted molar refractivity (Wildman–Crippen MR) is 75.0 cm³/mol. The first-order valence-corrected chi connectivity index (χ1v) is 7.14. The van der Waals surface area contributed by atoms with E-state index in [0.29, 0.717) is 6.04 Å². The van der Waals surface area contributed by atoms with Crippen molar-refractivity contribution < 1.29 is 0 Å². The minimum Gasteiger partial charge on any atom is -0.314 e. The summed E-state index contributed by atoms with van der Waals surface area (Å²) in [6.07, 6.45) is 4.83. The van der Waals surface area contributed by atoms with Crippen LogP contribution in [-0.2, 0) is 6.42 Å². The number of rotatable bonds is 6. The van der Waals surface area contributed by atoms with Gasteiger partial charge in [0.05, 0.1) is 0 Å². The van der Waals surface area contributed by atoms with Crippen molar-refractivity contribution in [1.29, 1.82) is 0 Å². The largest absolute Gasteiger partial charge is 0.314 e. The molecule has 17 heavy (non-hydrogen) atoms. The molecule has 94 valence electrons. The summed E-state index contributed by atoms with van der Waals surface area (Å²) in [4.78, 5) is 0. The van der Waals surface area contributed by atoms with Gasteiger partial charge >= 0.3 is 0 Å². The van der Waals surface area contributed by atoms with E-state index in [1.807, 2.05) is 18.2 Å². The molecule has 1 N–H and O–H groups in total. The molecule has 2 rings (SSSR count). The molecule has 0 spiro atoms. The Hall–Kier alpha value is -0.240. The van der Waals surface area contributed by atoms with Crippen LogP contribution in [0.25, 0.3) is 0 Å². The van der Waals surface area contributed by atoms with E-state index in [1.165, 1.54) is 12.8 Å². The Labute approximate surface area is 114 Å². The third-order valence-electron chi connectivity index (χ3n) is 3.42. The predicted octanol–water partition coefficient (Wildman–Crippen LogP) is 4.31. The highest BCUT2D eigenvalue weighted by atomic mass is 35.5. The Morgan fingerprint density at radius 3 is 2.47 bits per heavy atom. The van der Waals surface area contributed by atoms with Gasteiger partial charge in [0.15, 0.2) is 0 Å². The van der Waals surface area contributed by atoms with Gasteiger partial charge in [0, 0.05) is 16.1 Å². The summed E-state index contributed by atoms with van der Waals surface area (Å²) in [5.41, 5.74) is 1.10. The standard InChI is InChI=1S/C14H19Cl2N/c1-2-17-14(10-6-7-10)9-8-11-12(15)4-3-5-13(11)16/h3-5,10,14,17H,2,6-9H2,1H3. The second-order valence-corrected chi connectivity index (χ2v) is 5.55. The highest BCUT2D eigenvalue weighted by Crippen LogP contribution is 2.35. The molecule has 0 heterocycles. The van der Waals surface area contributed by atoms with Crippen LogP contribution in [0.4, 0.5) is 0 Å². The maximum absolute atomic E-state index is 6.18. The van der Waals surface area contributed by atoms with Gasteiger partial charge in [-0.3, -0.25) is 0 Å². The molecule has 0 bridgehead atoms. The Morgan fingerprint density at radius 1 is 1.29 bits per heavy atom. The van der Waals surface area contributed by atoms with Gasteiger partial charge in [0.1, 0.15) is 0 Å². The Bertz CT molecular complexity index is 354. The third-order valence-corrected chi connectivity index (χ3v) is 4.13. The van der Waals surface area contributed by atoms with Gasteiger partial charge in [-0.05, 0) is 55.8 Å². The molecule has 0 aromatic heterocycles. The van der Waals surface area contributed by atoms with Crippen LogP contribution < -0.4 is 5.32 Å². The van der Waals surface area contributed by atoms with E-state index in [4.69, 9.17) is 23.2 Å². The molecule has 1 saturated carbocycles. The Kier molecular flexibility index (Phi) is 4.72. The molecule has 1 unspecified atom stereocenters. The van der Waals surface area contributed by atoms with Crippen LogP contribution in [0.2, 0.25) is 10.0 Å². The fourth-order valence-corrected chi connectivity index (χ4v) is 2.92. The maximum Gasteiger partial charge on any atom is 0.0452 e. The van der Waals surface area contributed by atoms with Crippen molar-refractivity contribution in [3.8, 4) is 0 Å². The summed E-state index contributed by atoms with van der Waals surface area (Å²) in [5.74, 6) is 0.871. The lowest BCUT2D eigenvalue weighted by atomic mass is 10.0. The van der Waals surface area contributed by atoms with Gasteiger partial charge in [0.25, 0.3) is 0 Å². The number of hydrogen-bond acceptors (Lipinski definition) is 1. The molecular weight excluding hydrogens is 253 g/mol. The normalized spacial score (nSPS) is 17.1. The van der Waals surface area contributed by atoms with Crippen LogP contribution in [0, 0.1) is 5.92 Å². The zero-order valence-electron chi connectivity index (χ0n) is 10.2. The molecule has 0 radical (unpaired) electrons. The van der Waals surface area contributed by atoms with Crippen LogP contribution in [0.15, 0.2) is 18.2 Å². The third kappa shape index (κ3) is 3.61. The quantitative estimate of drug-likeness (QED) is 0.813. The first kappa shape index (κ1) is 13.2. The molecule has 0 amide bonds. The highest BCUT2D eigenvalue weighted by Gasteiger charge is 2.30. The van der Waals surface area contributed by atoms with Gasteiger partial charge in [-0.2, -0.15) is 0 Å². The van der Waals surface area contributed by atoms with E-state index >= 15 is 0 Å². The highest BCUT2D eigenvalue weighted by molar-refractivity contribution is 6.35. The molecule has 1 atom stereocenters. The minimum atomic E-state index is 0.632. The van der Waals surface area contributed by atoms with E-state index in [1.54, 1.807) is 0 Å². The SMILES string of the molecule is CCNC(CCc1c(Cl)cccc1Cl)C1CC1. The summed E-state index contributed by atoms with van der Waals surface area (Å²) in [5, 5.41) is 5.16. The monoisotopic (exact) mass is 271 g/mol. The second kappa shape index (κ2) is 6.08. The Balaban J connectivity index is 1.95. The zero-order chi connectivity index (χ0) is 12.3. The van der Waals surface area contributed by atoms with Gasteiger partial charge in [-0.25, -0.2) is 0 Å². The van der Waals surface area contributed by atoms with Crippen molar-refractivity contribution in [1.82, 2.24) is 5.32 Å². The molecule has 3 heteroatoms. The van der Waals surface area contributed by atoms with Gasteiger partial charge < -0.3 is 5.32 Å². The molecule has 1 aromatic rings. The maximum atomic E-state index is 6.18. The average Bonchev–Trinajstić information content (AvgIpc) is 3.10. The fourth-order valence-electron chi connectivity index (χ4n) is 2.34. The van der Waals surface area contributed by atoms with Crippen molar-refractivity contribution >= 4 is 23.2 Å². The lowest BCUT2D eigenvalue weighted by Crippen LogP contribution is -2.31. The molecule has 1 nitrogen and oxygen atoms in total. The van der Waals surface area contributed by atoms with Crippen molar-refractivity contribution in [3.63, 3.8) is 0 Å². The fraction of sp³-hybridized carbons (Fsp3) is 0.571. The first-order chi connectivity index (χ1) is 8.22. The molecule has 1 aliphatic rings. The number of halogens is 2. The number of nitrogens with one attached hydrogen (secondary N) is 1. The van der Waals surface area contributed by atoms with E-state index in [-0.39, 0.29) is 0 Å². The average molecular weight is 272 g/mol. The summed E-state index contributed by atoms with van der Waals surface area (Å²) >= 11 is 12.4. The summed E-state index contributed by atoms with van der Waals surface area (Å²) < 4.78 is 0. The molecule has 1 aromatic carbocycles. The molecule has 1 aliphatic carbocycles. The second-order valence-electron chi connectivity index (χ2n) is 4.74. The first-order valence-electron chi connectivity index (χ1n) is 6.38. The molecule has 1 fully saturated rings. The van der Waals surface area contributed by atoms with Crippen LogP contribution in [0.5, 0.6) is 0 Å². The van der Waals surface area contributed by atoms with Gasteiger partial charge in [-0.1, -0.05) is 36.2 Å². The summed E-state index contributed by atoms with van der Waals surface area (Å²) in [6, 6.07) is 6.37. The van der Waals surface area contributed by atoms with Crippen LogP contribution in [0.3, 0.4) is 0 Å².